The van der Waals surface area contributed by atoms with E-state index in [1.54, 1.807) is 11.0 Å². The van der Waals surface area contributed by atoms with E-state index >= 15 is 0 Å². The van der Waals surface area contributed by atoms with Crippen LogP contribution in [0.3, 0.4) is 0 Å². The molecule has 1 N–H and O–H groups in total. The van der Waals surface area contributed by atoms with Gasteiger partial charge in [-0.2, -0.15) is 4.31 Å². The first kappa shape index (κ1) is 24.1. The topological polar surface area (TPSA) is 90.0 Å². The van der Waals surface area contributed by atoms with Crippen LogP contribution in [-0.4, -0.2) is 80.3 Å². The number of carbonyl (C=O) groups is 2. The second-order valence-electron chi connectivity index (χ2n) is 7.72. The molecular formula is C20H28Cl2N4O4S. The van der Waals surface area contributed by atoms with Crippen LogP contribution in [-0.2, 0) is 14.8 Å². The number of nitrogens with one attached hydrogen (secondary N) is 1. The monoisotopic (exact) mass is 490 g/mol. The molecule has 0 radical (unpaired) electrons. The molecule has 2 heterocycles. The van der Waals surface area contributed by atoms with Crippen LogP contribution >= 0.6 is 23.2 Å². The van der Waals surface area contributed by atoms with Crippen LogP contribution in [0, 0.1) is 0 Å². The van der Waals surface area contributed by atoms with Gasteiger partial charge in [-0.3, -0.25) is 4.79 Å². The van der Waals surface area contributed by atoms with Crippen molar-refractivity contribution in [3.05, 3.63) is 28.2 Å². The van der Waals surface area contributed by atoms with Crippen LogP contribution in [0.1, 0.15) is 32.1 Å². The Hall–Kier alpha value is -1.55. The molecule has 3 amide bonds. The maximum atomic E-state index is 12.9. The largest absolute Gasteiger partial charge is 0.343 e. The molecule has 2 aliphatic heterocycles. The van der Waals surface area contributed by atoms with E-state index in [1.807, 2.05) is 4.90 Å². The fraction of sp³-hybridized carbons (Fsp3) is 0.600. The highest BCUT2D eigenvalue weighted by Crippen LogP contribution is 2.31. The highest BCUT2D eigenvalue weighted by atomic mass is 35.5. The predicted molar refractivity (Wildman–Crippen MR) is 120 cm³/mol. The van der Waals surface area contributed by atoms with Crippen molar-refractivity contribution in [1.82, 2.24) is 19.4 Å². The van der Waals surface area contributed by atoms with Crippen molar-refractivity contribution in [3.8, 4) is 0 Å². The number of sulfonamides is 1. The van der Waals surface area contributed by atoms with Crippen molar-refractivity contribution in [2.45, 2.75) is 37.0 Å². The van der Waals surface area contributed by atoms with Crippen LogP contribution in [0.5, 0.6) is 0 Å². The van der Waals surface area contributed by atoms with Gasteiger partial charge in [0.05, 0.1) is 10.0 Å². The molecule has 172 valence electrons. The quantitative estimate of drug-likeness (QED) is 0.620. The fourth-order valence-corrected chi connectivity index (χ4v) is 6.36. The van der Waals surface area contributed by atoms with Gasteiger partial charge in [0, 0.05) is 52.2 Å². The minimum absolute atomic E-state index is 0.0792. The Morgan fingerprint density at radius 1 is 1.00 bits per heavy atom. The molecule has 3 rings (SSSR count). The van der Waals surface area contributed by atoms with E-state index < -0.39 is 10.0 Å². The lowest BCUT2D eigenvalue weighted by molar-refractivity contribution is -0.130. The van der Waals surface area contributed by atoms with Crippen molar-refractivity contribution in [1.29, 1.82) is 0 Å². The predicted octanol–water partition coefficient (Wildman–Crippen LogP) is 2.80. The molecule has 0 aliphatic carbocycles. The molecule has 2 fully saturated rings. The van der Waals surface area contributed by atoms with Gasteiger partial charge in [0.15, 0.2) is 0 Å². The van der Waals surface area contributed by atoms with Gasteiger partial charge in [-0.15, -0.1) is 0 Å². The number of carbonyl (C=O) groups excluding carboxylic acids is 2. The molecule has 8 nitrogen and oxygen atoms in total. The Labute approximate surface area is 193 Å². The number of piperazine rings is 1. The van der Waals surface area contributed by atoms with Crippen molar-refractivity contribution in [2.24, 2.45) is 0 Å². The molecule has 0 atom stereocenters. The average molecular weight is 491 g/mol. The summed E-state index contributed by atoms with van der Waals surface area (Å²) in [7, 11) is -3.84. The number of hydrogen-bond donors (Lipinski definition) is 1. The first-order valence-corrected chi connectivity index (χ1v) is 12.7. The van der Waals surface area contributed by atoms with Gasteiger partial charge < -0.3 is 15.1 Å². The molecule has 0 spiro atoms. The molecule has 0 aromatic heterocycles. The Morgan fingerprint density at radius 3 is 2.35 bits per heavy atom. The summed E-state index contributed by atoms with van der Waals surface area (Å²) in [4.78, 5) is 27.8. The molecule has 0 saturated carbocycles. The van der Waals surface area contributed by atoms with Gasteiger partial charge in [-0.25, -0.2) is 13.2 Å². The average Bonchev–Trinajstić information content (AvgIpc) is 2.95. The van der Waals surface area contributed by atoms with Gasteiger partial charge in [0.25, 0.3) is 0 Å². The Bertz CT molecular complexity index is 884. The molecular weight excluding hydrogens is 463 g/mol. The van der Waals surface area contributed by atoms with Crippen molar-refractivity contribution >= 4 is 45.2 Å². The number of likely N-dealkylation sites (tertiary alicyclic amines) is 1. The normalized spacial score (nSPS) is 18.7. The van der Waals surface area contributed by atoms with Crippen LogP contribution in [0.25, 0.3) is 0 Å². The van der Waals surface area contributed by atoms with Gasteiger partial charge in [0.1, 0.15) is 4.90 Å². The maximum absolute atomic E-state index is 12.9. The Kier molecular flexibility index (Phi) is 8.43. The van der Waals surface area contributed by atoms with Gasteiger partial charge in [0.2, 0.25) is 15.9 Å². The third-order valence-electron chi connectivity index (χ3n) is 5.60. The van der Waals surface area contributed by atoms with Crippen LogP contribution in [0.4, 0.5) is 4.79 Å². The highest BCUT2D eigenvalue weighted by molar-refractivity contribution is 7.89. The SMILES string of the molecule is O=C1CCCCCN1CCCNC(=O)N1CCN(S(=O)(=O)c2c(Cl)cccc2Cl)CC1. The van der Waals surface area contributed by atoms with Crippen LogP contribution < -0.4 is 5.32 Å². The summed E-state index contributed by atoms with van der Waals surface area (Å²) in [6, 6.07) is 4.34. The van der Waals surface area contributed by atoms with E-state index in [9.17, 15) is 18.0 Å². The van der Waals surface area contributed by atoms with Crippen LogP contribution in [0.2, 0.25) is 10.0 Å². The van der Waals surface area contributed by atoms with Gasteiger partial charge in [-0.05, 0) is 31.4 Å². The zero-order valence-electron chi connectivity index (χ0n) is 17.4. The van der Waals surface area contributed by atoms with E-state index in [0.717, 1.165) is 25.8 Å². The minimum atomic E-state index is -3.84. The zero-order valence-corrected chi connectivity index (χ0v) is 19.7. The molecule has 0 bridgehead atoms. The van der Waals surface area contributed by atoms with Crippen molar-refractivity contribution in [2.75, 3.05) is 45.8 Å². The van der Waals surface area contributed by atoms with E-state index in [4.69, 9.17) is 23.2 Å². The second-order valence-corrected chi connectivity index (χ2v) is 10.4. The van der Waals surface area contributed by atoms with E-state index in [1.165, 1.54) is 16.4 Å². The third kappa shape index (κ3) is 6.03. The number of benzene rings is 1. The molecule has 0 unspecified atom stereocenters. The number of amides is 3. The third-order valence-corrected chi connectivity index (χ3v) is 8.45. The summed E-state index contributed by atoms with van der Waals surface area (Å²) in [5.74, 6) is 0.194. The number of urea groups is 1. The minimum Gasteiger partial charge on any atom is -0.343 e. The molecule has 1 aromatic carbocycles. The van der Waals surface area contributed by atoms with Gasteiger partial charge >= 0.3 is 6.03 Å². The summed E-state index contributed by atoms with van der Waals surface area (Å²) in [5, 5.41) is 3.02. The molecule has 2 aliphatic rings. The van der Waals surface area contributed by atoms with Crippen molar-refractivity contribution in [3.63, 3.8) is 0 Å². The lowest BCUT2D eigenvalue weighted by Crippen LogP contribution is -2.53. The molecule has 1 aromatic rings. The first-order valence-electron chi connectivity index (χ1n) is 10.6. The second kappa shape index (κ2) is 10.8. The number of rotatable bonds is 6. The lowest BCUT2D eigenvalue weighted by atomic mass is 10.2. The van der Waals surface area contributed by atoms with Crippen molar-refractivity contribution < 1.29 is 18.0 Å². The first-order chi connectivity index (χ1) is 14.8. The smallest absolute Gasteiger partial charge is 0.317 e. The number of hydrogen-bond acceptors (Lipinski definition) is 4. The zero-order chi connectivity index (χ0) is 22.4. The fourth-order valence-electron chi connectivity index (χ4n) is 3.84. The van der Waals surface area contributed by atoms with E-state index in [2.05, 4.69) is 5.32 Å². The molecule has 11 heteroatoms. The van der Waals surface area contributed by atoms with E-state index in [0.29, 0.717) is 25.9 Å². The summed E-state index contributed by atoms with van der Waals surface area (Å²) < 4.78 is 27.1. The summed E-state index contributed by atoms with van der Waals surface area (Å²) >= 11 is 12.1. The Morgan fingerprint density at radius 2 is 1.68 bits per heavy atom. The highest BCUT2D eigenvalue weighted by Gasteiger charge is 2.33. The van der Waals surface area contributed by atoms with Crippen LogP contribution in [0.15, 0.2) is 23.1 Å². The number of nitrogens with zero attached hydrogens (tertiary/aromatic N) is 3. The standard InChI is InChI=1S/C20H28Cl2N4O4S/c21-16-6-4-7-17(22)19(16)31(29,30)26-14-12-25(13-15-26)20(28)23-9-5-11-24-10-3-1-2-8-18(24)27/h4,6-7H,1-3,5,8-15H2,(H,23,28). The van der Waals surface area contributed by atoms with Gasteiger partial charge in [-0.1, -0.05) is 35.7 Å². The maximum Gasteiger partial charge on any atom is 0.317 e. The Balaban J connectivity index is 1.45. The number of halogens is 2. The summed E-state index contributed by atoms with van der Waals surface area (Å²) in [5.41, 5.74) is 0. The summed E-state index contributed by atoms with van der Waals surface area (Å²) in [6.07, 6.45) is 4.38. The molecule has 31 heavy (non-hydrogen) atoms. The summed E-state index contributed by atoms with van der Waals surface area (Å²) in [6.45, 7) is 2.79. The lowest BCUT2D eigenvalue weighted by Gasteiger charge is -2.34. The van der Waals surface area contributed by atoms with E-state index in [-0.39, 0.29) is 53.1 Å². The molecule has 2 saturated heterocycles.